The van der Waals surface area contributed by atoms with Crippen molar-refractivity contribution in [3.05, 3.63) is 50.8 Å². The molecule has 0 saturated heterocycles. The topological polar surface area (TPSA) is 60.3 Å². The number of halogens is 2. The smallest absolute Gasteiger partial charge is 0.355 e. The molecule has 0 spiro atoms. The molecule has 0 unspecified atom stereocenters. The number of nitrogens with zero attached hydrogens (tertiary/aromatic N) is 1. The SMILES string of the molecule is CCOC(=O)c1c(C)c(C(=O)Nc2cccc(Cl)c2Cl)c(C)n1C. The Labute approximate surface area is 150 Å². The summed E-state index contributed by atoms with van der Waals surface area (Å²) in [5.41, 5.74) is 2.40. The van der Waals surface area contributed by atoms with E-state index in [1.54, 1.807) is 50.6 Å². The number of hydrogen-bond donors (Lipinski definition) is 1. The van der Waals surface area contributed by atoms with Crippen LogP contribution in [0.3, 0.4) is 0 Å². The largest absolute Gasteiger partial charge is 0.461 e. The fourth-order valence-electron chi connectivity index (χ4n) is 2.59. The van der Waals surface area contributed by atoms with Gasteiger partial charge in [0, 0.05) is 12.7 Å². The summed E-state index contributed by atoms with van der Waals surface area (Å²) in [6.07, 6.45) is 0. The Kier molecular flexibility index (Phi) is 5.57. The summed E-state index contributed by atoms with van der Waals surface area (Å²) in [7, 11) is 1.72. The molecule has 0 aliphatic carbocycles. The number of anilines is 1. The minimum atomic E-state index is -0.458. The van der Waals surface area contributed by atoms with Crippen LogP contribution in [0.2, 0.25) is 10.0 Å². The lowest BCUT2D eigenvalue weighted by atomic mass is 10.1. The van der Waals surface area contributed by atoms with E-state index in [1.165, 1.54) is 0 Å². The first-order chi connectivity index (χ1) is 11.3. The second-order valence-electron chi connectivity index (χ2n) is 5.27. The summed E-state index contributed by atoms with van der Waals surface area (Å²) < 4.78 is 6.72. The van der Waals surface area contributed by atoms with Gasteiger partial charge in [-0.3, -0.25) is 4.79 Å². The van der Waals surface area contributed by atoms with Crippen molar-refractivity contribution in [2.24, 2.45) is 7.05 Å². The van der Waals surface area contributed by atoms with Gasteiger partial charge >= 0.3 is 5.97 Å². The van der Waals surface area contributed by atoms with Crippen LogP contribution in [0.5, 0.6) is 0 Å². The van der Waals surface area contributed by atoms with E-state index in [-0.39, 0.29) is 17.5 Å². The molecule has 0 aliphatic rings. The average molecular weight is 369 g/mol. The number of carbonyl (C=O) groups is 2. The van der Waals surface area contributed by atoms with Crippen molar-refractivity contribution in [1.29, 1.82) is 0 Å². The Morgan fingerprint density at radius 1 is 1.25 bits per heavy atom. The summed E-state index contributed by atoms with van der Waals surface area (Å²) in [5.74, 6) is -0.819. The Morgan fingerprint density at radius 2 is 1.92 bits per heavy atom. The van der Waals surface area contributed by atoms with E-state index in [4.69, 9.17) is 27.9 Å². The van der Waals surface area contributed by atoms with Crippen molar-refractivity contribution in [2.45, 2.75) is 20.8 Å². The van der Waals surface area contributed by atoms with Crippen molar-refractivity contribution >= 4 is 40.8 Å². The molecule has 0 saturated carbocycles. The van der Waals surface area contributed by atoms with Crippen LogP contribution in [0.4, 0.5) is 5.69 Å². The van der Waals surface area contributed by atoms with Crippen LogP contribution in [0, 0.1) is 13.8 Å². The lowest BCUT2D eigenvalue weighted by molar-refractivity contribution is 0.0514. The number of hydrogen-bond acceptors (Lipinski definition) is 3. The van der Waals surface area contributed by atoms with Crippen molar-refractivity contribution < 1.29 is 14.3 Å². The van der Waals surface area contributed by atoms with E-state index in [0.29, 0.717) is 33.2 Å². The molecular weight excluding hydrogens is 351 g/mol. The number of nitrogens with one attached hydrogen (secondary N) is 1. The second-order valence-corrected chi connectivity index (χ2v) is 6.05. The first kappa shape index (κ1) is 18.4. The van der Waals surface area contributed by atoms with Crippen LogP contribution in [0.15, 0.2) is 18.2 Å². The van der Waals surface area contributed by atoms with Gasteiger partial charge in [0.15, 0.2) is 0 Å². The predicted molar refractivity (Wildman–Crippen MR) is 95.3 cm³/mol. The Hall–Kier alpha value is -1.98. The van der Waals surface area contributed by atoms with Crippen LogP contribution in [0.1, 0.15) is 39.0 Å². The van der Waals surface area contributed by atoms with Crippen molar-refractivity contribution in [2.75, 3.05) is 11.9 Å². The summed E-state index contributed by atoms with van der Waals surface area (Å²) in [4.78, 5) is 24.8. The number of rotatable bonds is 4. The lowest BCUT2D eigenvalue weighted by Crippen LogP contribution is -2.14. The Morgan fingerprint density at radius 3 is 2.54 bits per heavy atom. The predicted octanol–water partition coefficient (Wildman–Crippen LogP) is 4.38. The molecule has 1 aromatic carbocycles. The maximum Gasteiger partial charge on any atom is 0.355 e. The summed E-state index contributed by atoms with van der Waals surface area (Å²) in [5, 5.41) is 3.36. The molecule has 5 nitrogen and oxygen atoms in total. The summed E-state index contributed by atoms with van der Waals surface area (Å²) in [6, 6.07) is 4.99. The zero-order valence-corrected chi connectivity index (χ0v) is 15.4. The van der Waals surface area contributed by atoms with Crippen molar-refractivity contribution in [3.8, 4) is 0 Å². The number of ether oxygens (including phenoxy) is 1. The molecule has 0 fully saturated rings. The molecule has 128 valence electrons. The molecule has 1 N–H and O–H groups in total. The normalized spacial score (nSPS) is 10.6. The van der Waals surface area contributed by atoms with Gasteiger partial charge in [-0.05, 0) is 38.5 Å². The third-order valence-corrected chi connectivity index (χ3v) is 4.65. The van der Waals surface area contributed by atoms with Crippen LogP contribution < -0.4 is 5.32 Å². The van der Waals surface area contributed by atoms with Gasteiger partial charge in [0.25, 0.3) is 5.91 Å². The fraction of sp³-hybridized carbons (Fsp3) is 0.294. The molecule has 0 bridgehead atoms. The standard InChI is InChI=1S/C17H18Cl2N2O3/c1-5-24-17(23)15-9(2)13(10(3)21(15)4)16(22)20-12-8-6-7-11(18)14(12)19/h6-8H,5H2,1-4H3,(H,20,22). The highest BCUT2D eigenvalue weighted by molar-refractivity contribution is 6.44. The van der Waals surface area contributed by atoms with Gasteiger partial charge in [0.2, 0.25) is 0 Å². The van der Waals surface area contributed by atoms with Gasteiger partial charge < -0.3 is 14.6 Å². The van der Waals surface area contributed by atoms with E-state index in [1.807, 2.05) is 0 Å². The number of aromatic nitrogens is 1. The molecule has 24 heavy (non-hydrogen) atoms. The number of amides is 1. The van der Waals surface area contributed by atoms with Crippen LogP contribution in [-0.4, -0.2) is 23.1 Å². The molecule has 7 heteroatoms. The first-order valence-corrected chi connectivity index (χ1v) is 8.13. The molecule has 1 aromatic heterocycles. The van der Waals surface area contributed by atoms with Gasteiger partial charge in [0.1, 0.15) is 5.69 Å². The van der Waals surface area contributed by atoms with E-state index < -0.39 is 5.97 Å². The van der Waals surface area contributed by atoms with Crippen LogP contribution in [-0.2, 0) is 11.8 Å². The third kappa shape index (κ3) is 3.28. The Bertz CT molecular complexity index is 813. The highest BCUT2D eigenvalue weighted by atomic mass is 35.5. The number of esters is 1. The van der Waals surface area contributed by atoms with E-state index in [0.717, 1.165) is 0 Å². The second kappa shape index (κ2) is 7.28. The van der Waals surface area contributed by atoms with Crippen LogP contribution in [0.25, 0.3) is 0 Å². The molecule has 0 atom stereocenters. The van der Waals surface area contributed by atoms with Gasteiger partial charge in [-0.1, -0.05) is 29.3 Å². The number of carbonyl (C=O) groups excluding carboxylic acids is 2. The minimum absolute atomic E-state index is 0.266. The first-order valence-electron chi connectivity index (χ1n) is 7.37. The van der Waals surface area contributed by atoms with Gasteiger partial charge in [-0.25, -0.2) is 4.79 Å². The number of benzene rings is 1. The average Bonchev–Trinajstić information content (AvgIpc) is 2.74. The van der Waals surface area contributed by atoms with Crippen LogP contribution >= 0.6 is 23.2 Å². The summed E-state index contributed by atoms with van der Waals surface area (Å²) in [6.45, 7) is 5.48. The zero-order valence-electron chi connectivity index (χ0n) is 13.9. The fourth-order valence-corrected chi connectivity index (χ4v) is 2.93. The van der Waals surface area contributed by atoms with E-state index in [2.05, 4.69) is 5.32 Å². The summed E-state index contributed by atoms with van der Waals surface area (Å²) >= 11 is 12.1. The van der Waals surface area contributed by atoms with E-state index >= 15 is 0 Å². The highest BCUT2D eigenvalue weighted by Crippen LogP contribution is 2.31. The Balaban J connectivity index is 2.42. The van der Waals surface area contributed by atoms with Gasteiger partial charge in [0.05, 0.1) is 27.9 Å². The molecule has 0 aliphatic heterocycles. The van der Waals surface area contributed by atoms with Gasteiger partial charge in [-0.2, -0.15) is 0 Å². The molecule has 2 rings (SSSR count). The third-order valence-electron chi connectivity index (χ3n) is 3.83. The monoisotopic (exact) mass is 368 g/mol. The molecule has 2 aromatic rings. The quantitative estimate of drug-likeness (QED) is 0.814. The maximum absolute atomic E-state index is 12.7. The molecule has 1 amide bonds. The van der Waals surface area contributed by atoms with Gasteiger partial charge in [-0.15, -0.1) is 0 Å². The highest BCUT2D eigenvalue weighted by Gasteiger charge is 2.26. The van der Waals surface area contributed by atoms with E-state index in [9.17, 15) is 9.59 Å². The zero-order chi connectivity index (χ0) is 18.0. The molecular formula is C17H18Cl2N2O3. The van der Waals surface area contributed by atoms with Crippen molar-refractivity contribution in [3.63, 3.8) is 0 Å². The molecule has 0 radical (unpaired) electrons. The van der Waals surface area contributed by atoms with Crippen molar-refractivity contribution in [1.82, 2.24) is 4.57 Å². The minimum Gasteiger partial charge on any atom is -0.461 e. The lowest BCUT2D eigenvalue weighted by Gasteiger charge is -2.09. The molecule has 1 heterocycles. The maximum atomic E-state index is 12.7.